The van der Waals surface area contributed by atoms with Crippen LogP contribution in [0.4, 0.5) is 0 Å². The minimum atomic E-state index is -0.258. The number of likely N-dealkylation sites (N-methyl/N-ethyl adjacent to an activating group) is 1. The lowest BCUT2D eigenvalue weighted by Crippen LogP contribution is -2.37. The lowest BCUT2D eigenvalue weighted by molar-refractivity contribution is -0.131. The summed E-state index contributed by atoms with van der Waals surface area (Å²) >= 11 is 0. The van der Waals surface area contributed by atoms with E-state index in [9.17, 15) is 9.59 Å². The van der Waals surface area contributed by atoms with E-state index in [2.05, 4.69) is 5.32 Å². The minimum absolute atomic E-state index is 0.0258. The molecule has 2 amide bonds. The van der Waals surface area contributed by atoms with Crippen molar-refractivity contribution >= 4 is 17.9 Å². The van der Waals surface area contributed by atoms with Crippen molar-refractivity contribution in [3.05, 3.63) is 60.1 Å². The molecule has 0 bridgehead atoms. The third-order valence-electron chi connectivity index (χ3n) is 3.31. The van der Waals surface area contributed by atoms with Crippen LogP contribution in [0.5, 0.6) is 5.75 Å². The van der Waals surface area contributed by atoms with Crippen molar-refractivity contribution in [1.82, 2.24) is 10.2 Å². The number of nitrogens with one attached hydrogen (secondary N) is 1. The van der Waals surface area contributed by atoms with Crippen LogP contribution in [0, 0.1) is 0 Å². The maximum Gasteiger partial charge on any atom is 0.246 e. The molecule has 0 atom stereocenters. The second kappa shape index (κ2) is 8.57. The monoisotopic (exact) mass is 328 g/mol. The van der Waals surface area contributed by atoms with Gasteiger partial charge in [-0.15, -0.1) is 0 Å². The lowest BCUT2D eigenvalue weighted by atomic mass is 10.2. The normalized spacial score (nSPS) is 10.6. The maximum atomic E-state index is 12.0. The molecule has 0 fully saturated rings. The zero-order valence-electron chi connectivity index (χ0n) is 13.7. The first-order chi connectivity index (χ1) is 11.6. The van der Waals surface area contributed by atoms with Gasteiger partial charge in [0.1, 0.15) is 11.5 Å². The fraction of sp³-hybridized carbons (Fsp3) is 0.222. The van der Waals surface area contributed by atoms with Crippen LogP contribution in [0.15, 0.2) is 53.2 Å². The SMILES string of the molecule is COc1cccc(/C=C/C(=O)N(C)CC(=O)NCc2ccco2)c1. The van der Waals surface area contributed by atoms with Crippen molar-refractivity contribution in [2.75, 3.05) is 20.7 Å². The molecule has 6 nitrogen and oxygen atoms in total. The van der Waals surface area contributed by atoms with Crippen molar-refractivity contribution in [2.24, 2.45) is 0 Å². The molecule has 24 heavy (non-hydrogen) atoms. The van der Waals surface area contributed by atoms with Gasteiger partial charge in [-0.2, -0.15) is 0 Å². The fourth-order valence-corrected chi connectivity index (χ4v) is 1.99. The maximum absolute atomic E-state index is 12.0. The van der Waals surface area contributed by atoms with Gasteiger partial charge in [0.15, 0.2) is 0 Å². The number of nitrogens with zero attached hydrogens (tertiary/aromatic N) is 1. The zero-order chi connectivity index (χ0) is 17.4. The molecule has 0 spiro atoms. The van der Waals surface area contributed by atoms with Crippen molar-refractivity contribution in [3.8, 4) is 5.75 Å². The van der Waals surface area contributed by atoms with Crippen LogP contribution >= 0.6 is 0 Å². The molecule has 0 saturated carbocycles. The van der Waals surface area contributed by atoms with E-state index in [1.165, 1.54) is 11.0 Å². The molecule has 1 heterocycles. The summed E-state index contributed by atoms with van der Waals surface area (Å²) in [6.07, 6.45) is 4.65. The minimum Gasteiger partial charge on any atom is -0.497 e. The number of hydrogen-bond donors (Lipinski definition) is 1. The Hall–Kier alpha value is -3.02. The third kappa shape index (κ3) is 5.31. The van der Waals surface area contributed by atoms with E-state index in [0.29, 0.717) is 12.3 Å². The number of rotatable bonds is 7. The molecule has 6 heteroatoms. The number of hydrogen-bond acceptors (Lipinski definition) is 4. The Balaban J connectivity index is 1.82. The van der Waals surface area contributed by atoms with Crippen molar-refractivity contribution in [1.29, 1.82) is 0 Å². The van der Waals surface area contributed by atoms with Crippen LogP contribution in [-0.2, 0) is 16.1 Å². The van der Waals surface area contributed by atoms with Gasteiger partial charge in [-0.05, 0) is 35.9 Å². The Morgan fingerprint density at radius 1 is 1.29 bits per heavy atom. The van der Waals surface area contributed by atoms with Crippen LogP contribution in [0.3, 0.4) is 0 Å². The van der Waals surface area contributed by atoms with E-state index >= 15 is 0 Å². The predicted molar refractivity (Wildman–Crippen MR) is 90.2 cm³/mol. The molecule has 126 valence electrons. The number of furan rings is 1. The molecular formula is C18H20N2O4. The number of benzene rings is 1. The Morgan fingerprint density at radius 2 is 2.12 bits per heavy atom. The number of methoxy groups -OCH3 is 1. The Labute approximate surface area is 140 Å². The van der Waals surface area contributed by atoms with Crippen LogP contribution in [0.2, 0.25) is 0 Å². The molecule has 0 unspecified atom stereocenters. The van der Waals surface area contributed by atoms with Crippen LogP contribution in [0.1, 0.15) is 11.3 Å². The molecule has 2 aromatic rings. The molecule has 0 aliphatic heterocycles. The summed E-state index contributed by atoms with van der Waals surface area (Å²) in [4.78, 5) is 25.2. The average molecular weight is 328 g/mol. The summed E-state index contributed by atoms with van der Waals surface area (Å²) in [7, 11) is 3.16. The molecule has 0 radical (unpaired) electrons. The second-order valence-corrected chi connectivity index (χ2v) is 5.16. The van der Waals surface area contributed by atoms with Gasteiger partial charge in [0.25, 0.3) is 0 Å². The molecule has 1 aromatic heterocycles. The first-order valence-electron chi connectivity index (χ1n) is 7.45. The topological polar surface area (TPSA) is 71.8 Å². The molecule has 0 aliphatic rings. The third-order valence-corrected chi connectivity index (χ3v) is 3.31. The van der Waals surface area contributed by atoms with Crippen molar-refractivity contribution < 1.29 is 18.7 Å². The zero-order valence-corrected chi connectivity index (χ0v) is 13.7. The van der Waals surface area contributed by atoms with E-state index in [-0.39, 0.29) is 18.4 Å². The summed E-state index contributed by atoms with van der Waals surface area (Å²) in [6.45, 7) is 0.273. The van der Waals surface area contributed by atoms with Gasteiger partial charge in [0.2, 0.25) is 11.8 Å². The number of carbonyl (C=O) groups is 2. The molecule has 1 aromatic carbocycles. The highest BCUT2D eigenvalue weighted by Crippen LogP contribution is 2.13. The van der Waals surface area contributed by atoms with E-state index in [1.54, 1.807) is 38.6 Å². The summed E-state index contributed by atoms with van der Waals surface area (Å²) in [5, 5.41) is 2.69. The van der Waals surface area contributed by atoms with Gasteiger partial charge in [-0.3, -0.25) is 9.59 Å². The summed E-state index contributed by atoms with van der Waals surface area (Å²) in [6, 6.07) is 10.9. The highest BCUT2D eigenvalue weighted by Gasteiger charge is 2.10. The van der Waals surface area contributed by atoms with Gasteiger partial charge in [-0.25, -0.2) is 0 Å². The number of amides is 2. The van der Waals surface area contributed by atoms with Crippen LogP contribution in [-0.4, -0.2) is 37.4 Å². The van der Waals surface area contributed by atoms with E-state index < -0.39 is 0 Å². The van der Waals surface area contributed by atoms with E-state index in [4.69, 9.17) is 9.15 Å². The van der Waals surface area contributed by atoms with Gasteiger partial charge < -0.3 is 19.4 Å². The molecular weight excluding hydrogens is 308 g/mol. The molecule has 2 rings (SSSR count). The molecule has 0 aliphatic carbocycles. The first-order valence-corrected chi connectivity index (χ1v) is 7.45. The predicted octanol–water partition coefficient (Wildman–Crippen LogP) is 2.08. The fourth-order valence-electron chi connectivity index (χ4n) is 1.99. The quantitative estimate of drug-likeness (QED) is 0.790. The van der Waals surface area contributed by atoms with Crippen LogP contribution in [0.25, 0.3) is 6.08 Å². The smallest absolute Gasteiger partial charge is 0.246 e. The molecule has 1 N–H and O–H groups in total. The summed E-state index contributed by atoms with van der Waals surface area (Å²) in [5.74, 6) is 0.869. The van der Waals surface area contributed by atoms with Gasteiger partial charge >= 0.3 is 0 Å². The number of ether oxygens (including phenoxy) is 1. The highest BCUT2D eigenvalue weighted by molar-refractivity contribution is 5.94. The van der Waals surface area contributed by atoms with Crippen LogP contribution < -0.4 is 10.1 Å². The number of carbonyl (C=O) groups excluding carboxylic acids is 2. The lowest BCUT2D eigenvalue weighted by Gasteiger charge is -2.14. The standard InChI is InChI=1S/C18H20N2O4/c1-20(13-17(21)19-12-16-7-4-10-24-16)18(22)9-8-14-5-3-6-15(11-14)23-2/h3-11H,12-13H2,1-2H3,(H,19,21)/b9-8+. The van der Waals surface area contributed by atoms with Gasteiger partial charge in [0.05, 0.1) is 26.5 Å². The molecule has 0 saturated heterocycles. The average Bonchev–Trinajstić information content (AvgIpc) is 3.11. The first kappa shape index (κ1) is 17.3. The largest absolute Gasteiger partial charge is 0.497 e. The van der Waals surface area contributed by atoms with Crippen molar-refractivity contribution in [2.45, 2.75) is 6.54 Å². The van der Waals surface area contributed by atoms with E-state index in [0.717, 1.165) is 11.3 Å². The van der Waals surface area contributed by atoms with Gasteiger partial charge in [0, 0.05) is 13.1 Å². The van der Waals surface area contributed by atoms with E-state index in [1.807, 2.05) is 24.3 Å². The summed E-state index contributed by atoms with van der Waals surface area (Å²) < 4.78 is 10.3. The second-order valence-electron chi connectivity index (χ2n) is 5.16. The Morgan fingerprint density at radius 3 is 2.83 bits per heavy atom. The Bertz CT molecular complexity index is 708. The van der Waals surface area contributed by atoms with Gasteiger partial charge in [-0.1, -0.05) is 12.1 Å². The van der Waals surface area contributed by atoms with Crippen molar-refractivity contribution in [3.63, 3.8) is 0 Å². The highest BCUT2D eigenvalue weighted by atomic mass is 16.5. The summed E-state index contributed by atoms with van der Waals surface area (Å²) in [5.41, 5.74) is 0.846. The Kier molecular flexibility index (Phi) is 6.19.